The van der Waals surface area contributed by atoms with E-state index in [1.165, 1.54) is 0 Å². The van der Waals surface area contributed by atoms with Gasteiger partial charge < -0.3 is 9.80 Å². The quantitative estimate of drug-likeness (QED) is 0.501. The lowest BCUT2D eigenvalue weighted by molar-refractivity contribution is 0.0972. The van der Waals surface area contributed by atoms with Gasteiger partial charge in [-0.2, -0.15) is 0 Å². The maximum Gasteiger partial charge on any atom is 0.163 e. The minimum Gasteiger partial charge on any atom is -0.366 e. The van der Waals surface area contributed by atoms with Crippen LogP contribution in [0.3, 0.4) is 0 Å². The van der Waals surface area contributed by atoms with Crippen molar-refractivity contribution in [3.05, 3.63) is 52.0 Å². The highest BCUT2D eigenvalue weighted by molar-refractivity contribution is 6.33. The smallest absolute Gasteiger partial charge is 0.163 e. The number of fused-ring (bicyclic) bond motifs is 1. The Balaban J connectivity index is 1.91. The average Bonchev–Trinajstić information content (AvgIpc) is 2.67. The first-order valence-corrected chi connectivity index (χ1v) is 9.73. The van der Waals surface area contributed by atoms with E-state index < -0.39 is 0 Å². The maximum atomic E-state index is 12.1. The van der Waals surface area contributed by atoms with Gasteiger partial charge in [0.2, 0.25) is 0 Å². The zero-order chi connectivity index (χ0) is 19.6. The Kier molecular flexibility index (Phi) is 5.85. The fourth-order valence-corrected chi connectivity index (χ4v) is 3.55. The molecule has 2 aromatic rings. The molecule has 1 aliphatic carbocycles. The lowest BCUT2D eigenvalue weighted by Crippen LogP contribution is -2.15. The van der Waals surface area contributed by atoms with E-state index in [1.807, 2.05) is 43.3 Å². The summed E-state index contributed by atoms with van der Waals surface area (Å²) >= 11 is 6.49. The van der Waals surface area contributed by atoms with Gasteiger partial charge in [-0.3, -0.25) is 4.79 Å². The Bertz CT molecular complexity index is 891. The minimum absolute atomic E-state index is 0.254. The molecule has 0 aromatic heterocycles. The monoisotopic (exact) mass is 383 g/mol. The molecule has 0 N–H and O–H groups in total. The normalized spacial score (nSPS) is 13.7. The Hall–Kier alpha value is -2.33. The summed E-state index contributed by atoms with van der Waals surface area (Å²) in [6.07, 6.45) is 4.35. The summed E-state index contributed by atoms with van der Waals surface area (Å²) in [6, 6.07) is 10.1. The number of Topliss-reactive ketones (excluding diaryl/α,β-unsaturated/α-hetero) is 1. The molecule has 1 aliphatic rings. The molecule has 5 heteroatoms. The van der Waals surface area contributed by atoms with Crippen molar-refractivity contribution in [2.45, 2.75) is 33.1 Å². The van der Waals surface area contributed by atoms with Gasteiger partial charge in [0.05, 0.1) is 17.0 Å². The highest BCUT2D eigenvalue weighted by Crippen LogP contribution is 2.36. The third-order valence-electron chi connectivity index (χ3n) is 5.15. The first kappa shape index (κ1) is 19.4. The highest BCUT2D eigenvalue weighted by Gasteiger charge is 2.19. The van der Waals surface area contributed by atoms with Crippen molar-refractivity contribution in [3.63, 3.8) is 0 Å². The van der Waals surface area contributed by atoms with Crippen LogP contribution in [0.5, 0.6) is 0 Å². The van der Waals surface area contributed by atoms with Crippen molar-refractivity contribution in [1.82, 2.24) is 4.90 Å². The summed E-state index contributed by atoms with van der Waals surface area (Å²) in [7, 11) is 4.01. The fourth-order valence-electron chi connectivity index (χ4n) is 3.34. The standard InChI is InChI=1S/C22H26ClN3O/c1-5-25(3)14-24-20-11-15(2)21(13-19(20)23)26(4)17-9-10-18-16(12-17)7-6-8-22(18)27/h9-14H,5-8H2,1-4H3/b24-14-. The zero-order valence-corrected chi connectivity index (χ0v) is 17.2. The van der Waals surface area contributed by atoms with Crippen LogP contribution in [0.1, 0.15) is 41.3 Å². The van der Waals surface area contributed by atoms with E-state index in [9.17, 15) is 4.79 Å². The number of nitrogens with zero attached hydrogens (tertiary/aromatic N) is 3. The number of carbonyl (C=O) groups excluding carboxylic acids is 1. The Morgan fingerprint density at radius 1 is 1.19 bits per heavy atom. The van der Waals surface area contributed by atoms with Gasteiger partial charge >= 0.3 is 0 Å². The van der Waals surface area contributed by atoms with Gasteiger partial charge in [-0.25, -0.2) is 4.99 Å². The van der Waals surface area contributed by atoms with Crippen LogP contribution in [-0.4, -0.2) is 37.7 Å². The van der Waals surface area contributed by atoms with Crippen LogP contribution in [0.15, 0.2) is 35.3 Å². The van der Waals surface area contributed by atoms with Crippen LogP contribution >= 0.6 is 11.6 Å². The molecule has 0 saturated heterocycles. The molecule has 0 unspecified atom stereocenters. The molecule has 0 aliphatic heterocycles. The number of anilines is 2. The number of aryl methyl sites for hydroxylation is 2. The highest BCUT2D eigenvalue weighted by atomic mass is 35.5. The zero-order valence-electron chi connectivity index (χ0n) is 16.4. The predicted molar refractivity (Wildman–Crippen MR) is 114 cm³/mol. The number of aliphatic imine (C=N–C) groups is 1. The number of carbonyl (C=O) groups is 1. The lowest BCUT2D eigenvalue weighted by atomic mass is 9.90. The second-order valence-corrected chi connectivity index (χ2v) is 7.49. The summed E-state index contributed by atoms with van der Waals surface area (Å²) in [4.78, 5) is 20.7. The van der Waals surface area contributed by atoms with Crippen LogP contribution in [0.2, 0.25) is 5.02 Å². The van der Waals surface area contributed by atoms with Gasteiger partial charge in [0.25, 0.3) is 0 Å². The van der Waals surface area contributed by atoms with Crippen molar-refractivity contribution in [3.8, 4) is 0 Å². The molecule has 0 bridgehead atoms. The Labute approximate surface area is 166 Å². The fraction of sp³-hybridized carbons (Fsp3) is 0.364. The largest absolute Gasteiger partial charge is 0.366 e. The molecule has 4 nitrogen and oxygen atoms in total. The van der Waals surface area contributed by atoms with Crippen LogP contribution in [0.25, 0.3) is 0 Å². The molecule has 0 amide bonds. The number of hydrogen-bond acceptors (Lipinski definition) is 3. The van der Waals surface area contributed by atoms with E-state index in [4.69, 9.17) is 11.6 Å². The molecular formula is C22H26ClN3O. The van der Waals surface area contributed by atoms with Gasteiger partial charge in [0.1, 0.15) is 0 Å². The SMILES string of the molecule is CCN(C)/C=N\c1cc(C)c(N(C)c2ccc3c(c2)CCCC3=O)cc1Cl. The molecule has 0 saturated carbocycles. The molecular weight excluding hydrogens is 358 g/mol. The topological polar surface area (TPSA) is 35.9 Å². The summed E-state index contributed by atoms with van der Waals surface area (Å²) < 4.78 is 0. The molecule has 0 spiro atoms. The second kappa shape index (κ2) is 8.13. The van der Waals surface area contributed by atoms with Crippen molar-refractivity contribution >= 4 is 40.8 Å². The van der Waals surface area contributed by atoms with Crippen molar-refractivity contribution < 1.29 is 4.79 Å². The second-order valence-electron chi connectivity index (χ2n) is 7.09. The maximum absolute atomic E-state index is 12.1. The van der Waals surface area contributed by atoms with Gasteiger partial charge in [-0.05, 0) is 68.1 Å². The van der Waals surface area contributed by atoms with Crippen molar-refractivity contribution in [2.24, 2.45) is 4.99 Å². The van der Waals surface area contributed by atoms with Crippen LogP contribution in [-0.2, 0) is 6.42 Å². The summed E-state index contributed by atoms with van der Waals surface area (Å²) in [5.41, 5.74) is 5.97. The van der Waals surface area contributed by atoms with Gasteiger partial charge in [-0.1, -0.05) is 11.6 Å². The molecule has 0 radical (unpaired) electrons. The first-order valence-electron chi connectivity index (χ1n) is 9.35. The third kappa shape index (κ3) is 4.16. The molecule has 142 valence electrons. The van der Waals surface area contributed by atoms with Gasteiger partial charge in [0.15, 0.2) is 5.78 Å². The van der Waals surface area contributed by atoms with Crippen molar-refractivity contribution in [1.29, 1.82) is 0 Å². The number of hydrogen-bond donors (Lipinski definition) is 0. The van der Waals surface area contributed by atoms with E-state index in [0.717, 1.165) is 53.1 Å². The van der Waals surface area contributed by atoms with Crippen LogP contribution in [0, 0.1) is 6.92 Å². The number of halogens is 1. The third-order valence-corrected chi connectivity index (χ3v) is 5.45. The first-order chi connectivity index (χ1) is 12.9. The van der Waals surface area contributed by atoms with Crippen molar-refractivity contribution in [2.75, 3.05) is 25.5 Å². The number of ketones is 1. The van der Waals surface area contributed by atoms with E-state index in [1.54, 1.807) is 6.34 Å². The predicted octanol–water partition coefficient (Wildman–Crippen LogP) is 5.55. The molecule has 0 fully saturated rings. The Morgan fingerprint density at radius 2 is 1.96 bits per heavy atom. The van der Waals surface area contributed by atoms with E-state index in [-0.39, 0.29) is 5.78 Å². The summed E-state index contributed by atoms with van der Waals surface area (Å²) in [6.45, 7) is 5.03. The molecule has 27 heavy (non-hydrogen) atoms. The van der Waals surface area contributed by atoms with Gasteiger partial charge in [-0.15, -0.1) is 0 Å². The molecule has 0 heterocycles. The minimum atomic E-state index is 0.254. The molecule has 2 aromatic carbocycles. The lowest BCUT2D eigenvalue weighted by Gasteiger charge is -2.24. The van der Waals surface area contributed by atoms with E-state index in [0.29, 0.717) is 11.4 Å². The molecule has 0 atom stereocenters. The number of benzene rings is 2. The van der Waals surface area contributed by atoms with Crippen LogP contribution in [0.4, 0.5) is 17.1 Å². The van der Waals surface area contributed by atoms with Crippen LogP contribution < -0.4 is 4.90 Å². The van der Waals surface area contributed by atoms with Gasteiger partial charge in [0, 0.05) is 44.0 Å². The van der Waals surface area contributed by atoms with E-state index >= 15 is 0 Å². The van der Waals surface area contributed by atoms with E-state index in [2.05, 4.69) is 29.8 Å². The molecule has 3 rings (SSSR count). The average molecular weight is 384 g/mol. The number of rotatable bonds is 5. The summed E-state index contributed by atoms with van der Waals surface area (Å²) in [5, 5.41) is 0.622. The summed E-state index contributed by atoms with van der Waals surface area (Å²) in [5.74, 6) is 0.254. The Morgan fingerprint density at radius 3 is 2.70 bits per heavy atom.